The minimum Gasteiger partial charge on any atom is -0.478 e. The van der Waals surface area contributed by atoms with Crippen molar-refractivity contribution >= 4 is 56.8 Å². The number of aromatic nitrogens is 2. The molecule has 2 rings (SSSR count). The number of carboxylic acid groups (broad SMARTS) is 1. The second-order valence-corrected chi connectivity index (χ2v) is 7.32. The average Bonchev–Trinajstić information content (AvgIpc) is 2.76. The van der Waals surface area contributed by atoms with Gasteiger partial charge in [0.2, 0.25) is 0 Å². The van der Waals surface area contributed by atoms with Crippen molar-refractivity contribution in [2.75, 3.05) is 6.26 Å². The van der Waals surface area contributed by atoms with Crippen molar-refractivity contribution in [3.8, 4) is 0 Å². The Morgan fingerprint density at radius 3 is 2.72 bits per heavy atom. The van der Waals surface area contributed by atoms with E-state index in [9.17, 15) is 4.79 Å². The number of carbonyl (C=O) groups is 1. The topological polar surface area (TPSA) is 63.1 Å². The molecule has 1 heterocycles. The Morgan fingerprint density at radius 2 is 2.11 bits per heavy atom. The Morgan fingerprint density at radius 1 is 1.39 bits per heavy atom. The van der Waals surface area contributed by atoms with Gasteiger partial charge >= 0.3 is 5.97 Å². The van der Waals surface area contributed by atoms with Gasteiger partial charge in [-0.05, 0) is 24.5 Å². The SMILES string of the molecule is CSc1nnc(Sc2cc(Br)ccc2C(=O)O)s1. The van der Waals surface area contributed by atoms with Crippen LogP contribution in [0, 0.1) is 0 Å². The zero-order valence-corrected chi connectivity index (χ0v) is 13.1. The average molecular weight is 363 g/mol. The van der Waals surface area contributed by atoms with Crippen molar-refractivity contribution in [3.05, 3.63) is 28.2 Å². The lowest BCUT2D eigenvalue weighted by atomic mass is 10.2. The maximum absolute atomic E-state index is 11.1. The van der Waals surface area contributed by atoms with Gasteiger partial charge in [-0.1, -0.05) is 50.8 Å². The van der Waals surface area contributed by atoms with Crippen LogP contribution in [0.1, 0.15) is 10.4 Å². The third kappa shape index (κ3) is 3.25. The van der Waals surface area contributed by atoms with E-state index in [0.29, 0.717) is 4.90 Å². The monoisotopic (exact) mass is 362 g/mol. The highest BCUT2D eigenvalue weighted by atomic mass is 79.9. The number of nitrogens with zero attached hydrogens (tertiary/aromatic N) is 2. The first-order chi connectivity index (χ1) is 8.60. The van der Waals surface area contributed by atoms with Crippen molar-refractivity contribution in [2.24, 2.45) is 0 Å². The molecule has 4 nitrogen and oxygen atoms in total. The minimum absolute atomic E-state index is 0.268. The van der Waals surface area contributed by atoms with E-state index < -0.39 is 5.97 Å². The summed E-state index contributed by atoms with van der Waals surface area (Å²) in [6, 6.07) is 5.06. The van der Waals surface area contributed by atoms with Crippen LogP contribution in [0.3, 0.4) is 0 Å². The quantitative estimate of drug-likeness (QED) is 0.832. The normalized spacial score (nSPS) is 10.6. The molecule has 18 heavy (non-hydrogen) atoms. The van der Waals surface area contributed by atoms with Crippen molar-refractivity contribution in [1.82, 2.24) is 10.2 Å². The summed E-state index contributed by atoms with van der Waals surface area (Å²) in [5.74, 6) is -0.945. The van der Waals surface area contributed by atoms with Crippen LogP contribution in [-0.4, -0.2) is 27.5 Å². The van der Waals surface area contributed by atoms with E-state index in [1.807, 2.05) is 6.26 Å². The summed E-state index contributed by atoms with van der Waals surface area (Å²) in [5, 5.41) is 17.1. The molecule has 0 fully saturated rings. The number of hydrogen-bond acceptors (Lipinski definition) is 6. The zero-order chi connectivity index (χ0) is 13.1. The molecule has 0 aliphatic heterocycles. The molecule has 1 aromatic heterocycles. The molecule has 0 saturated heterocycles. The summed E-state index contributed by atoms with van der Waals surface area (Å²) < 4.78 is 2.44. The number of carboxylic acids is 1. The fourth-order valence-corrected chi connectivity index (χ4v) is 4.24. The molecule has 2 aromatic rings. The predicted molar refractivity (Wildman–Crippen MR) is 76.9 cm³/mol. The lowest BCUT2D eigenvalue weighted by molar-refractivity contribution is 0.0693. The van der Waals surface area contributed by atoms with Crippen molar-refractivity contribution in [3.63, 3.8) is 0 Å². The van der Waals surface area contributed by atoms with Gasteiger partial charge < -0.3 is 5.11 Å². The summed E-state index contributed by atoms with van der Waals surface area (Å²) in [6.07, 6.45) is 1.93. The molecule has 1 aromatic carbocycles. The van der Waals surface area contributed by atoms with Crippen LogP contribution in [0.5, 0.6) is 0 Å². The van der Waals surface area contributed by atoms with E-state index in [-0.39, 0.29) is 5.56 Å². The number of thioether (sulfide) groups is 1. The lowest BCUT2D eigenvalue weighted by Crippen LogP contribution is -1.98. The highest BCUT2D eigenvalue weighted by Crippen LogP contribution is 2.35. The molecule has 0 spiro atoms. The number of hydrogen-bond donors (Lipinski definition) is 1. The van der Waals surface area contributed by atoms with Crippen LogP contribution >= 0.6 is 50.8 Å². The Hall–Kier alpha value is -0.570. The summed E-state index contributed by atoms with van der Waals surface area (Å²) in [6.45, 7) is 0. The van der Waals surface area contributed by atoms with Gasteiger partial charge in [0.05, 0.1) is 5.56 Å². The van der Waals surface area contributed by atoms with Gasteiger partial charge in [0.15, 0.2) is 8.68 Å². The van der Waals surface area contributed by atoms with E-state index in [2.05, 4.69) is 26.1 Å². The van der Waals surface area contributed by atoms with E-state index in [4.69, 9.17) is 5.11 Å². The lowest BCUT2D eigenvalue weighted by Gasteiger charge is -2.03. The molecule has 0 aliphatic rings. The Labute approximate surface area is 124 Å². The molecule has 0 amide bonds. The van der Waals surface area contributed by atoms with E-state index in [0.717, 1.165) is 13.2 Å². The van der Waals surface area contributed by atoms with Gasteiger partial charge in [-0.25, -0.2) is 4.79 Å². The molecule has 1 N–H and O–H groups in total. The molecule has 0 saturated carbocycles. The minimum atomic E-state index is -0.945. The highest BCUT2D eigenvalue weighted by molar-refractivity contribution is 9.10. The third-order valence-corrected chi connectivity index (χ3v) is 5.43. The van der Waals surface area contributed by atoms with Gasteiger partial charge in [-0.2, -0.15) is 0 Å². The fraction of sp³-hybridized carbons (Fsp3) is 0.100. The molecule has 0 bridgehead atoms. The first kappa shape index (κ1) is 13.9. The van der Waals surface area contributed by atoms with Gasteiger partial charge in [-0.3, -0.25) is 0 Å². The molecular formula is C10H7BrN2O2S3. The molecule has 0 unspecified atom stereocenters. The third-order valence-electron chi connectivity index (χ3n) is 1.93. The second kappa shape index (κ2) is 6.05. The largest absolute Gasteiger partial charge is 0.478 e. The summed E-state index contributed by atoms with van der Waals surface area (Å²) in [4.78, 5) is 11.8. The molecule has 0 radical (unpaired) electrons. The maximum Gasteiger partial charge on any atom is 0.336 e. The van der Waals surface area contributed by atoms with Gasteiger partial charge in [0.1, 0.15) is 0 Å². The number of aromatic carboxylic acids is 1. The van der Waals surface area contributed by atoms with Crippen LogP contribution in [0.15, 0.2) is 36.2 Å². The Bertz CT molecular complexity index is 588. The van der Waals surface area contributed by atoms with Crippen LogP contribution in [0.2, 0.25) is 0 Å². The second-order valence-electron chi connectivity index (χ2n) is 3.09. The molecule has 8 heteroatoms. The Kier molecular flexibility index (Phi) is 4.66. The van der Waals surface area contributed by atoms with Crippen LogP contribution in [0.25, 0.3) is 0 Å². The first-order valence-electron chi connectivity index (χ1n) is 4.68. The van der Waals surface area contributed by atoms with Gasteiger partial charge in [0.25, 0.3) is 0 Å². The summed E-state index contributed by atoms with van der Waals surface area (Å²) >= 11 is 7.62. The molecule has 94 valence electrons. The number of benzene rings is 1. The smallest absolute Gasteiger partial charge is 0.336 e. The zero-order valence-electron chi connectivity index (χ0n) is 9.08. The maximum atomic E-state index is 11.1. The van der Waals surface area contributed by atoms with Crippen molar-refractivity contribution in [1.29, 1.82) is 0 Å². The summed E-state index contributed by atoms with van der Waals surface area (Å²) in [5.41, 5.74) is 0.268. The summed E-state index contributed by atoms with van der Waals surface area (Å²) in [7, 11) is 0. The number of halogens is 1. The fourth-order valence-electron chi connectivity index (χ4n) is 1.17. The van der Waals surface area contributed by atoms with Crippen LogP contribution < -0.4 is 0 Å². The Balaban J connectivity index is 2.32. The van der Waals surface area contributed by atoms with Crippen LogP contribution in [0.4, 0.5) is 0 Å². The van der Waals surface area contributed by atoms with E-state index in [1.165, 1.54) is 34.9 Å². The molecule has 0 aliphatic carbocycles. The van der Waals surface area contributed by atoms with E-state index in [1.54, 1.807) is 18.2 Å². The standard InChI is InChI=1S/C10H7BrN2O2S3/c1-16-9-12-13-10(18-9)17-7-4-5(11)2-3-6(7)8(14)15/h2-4H,1H3,(H,14,15). The molecule has 0 atom stereocenters. The van der Waals surface area contributed by atoms with E-state index >= 15 is 0 Å². The van der Waals surface area contributed by atoms with Gasteiger partial charge in [-0.15, -0.1) is 10.2 Å². The number of rotatable bonds is 4. The predicted octanol–water partition coefficient (Wildman–Crippen LogP) is 3.87. The van der Waals surface area contributed by atoms with Crippen LogP contribution in [-0.2, 0) is 0 Å². The van der Waals surface area contributed by atoms with Gasteiger partial charge in [0, 0.05) is 9.37 Å². The van der Waals surface area contributed by atoms with Crippen molar-refractivity contribution < 1.29 is 9.90 Å². The highest BCUT2D eigenvalue weighted by Gasteiger charge is 2.14. The first-order valence-corrected chi connectivity index (χ1v) is 8.33. The molecular weight excluding hydrogens is 356 g/mol. The van der Waals surface area contributed by atoms with Crippen molar-refractivity contribution in [2.45, 2.75) is 13.6 Å².